The Morgan fingerprint density at radius 1 is 1.00 bits per heavy atom. The minimum absolute atomic E-state index is 0.662. The molecule has 21 heavy (non-hydrogen) atoms. The zero-order valence-electron chi connectivity index (χ0n) is 11.9. The lowest BCUT2D eigenvalue weighted by molar-refractivity contribution is 0.355. The molecule has 3 nitrogen and oxygen atoms in total. The number of aliphatic imine (C=N–C) groups is 1. The van der Waals surface area contributed by atoms with Gasteiger partial charge in [0, 0.05) is 16.8 Å². The van der Waals surface area contributed by atoms with Gasteiger partial charge in [-0.05, 0) is 39.7 Å². The highest BCUT2D eigenvalue weighted by Gasteiger charge is 2.03. The van der Waals surface area contributed by atoms with Crippen molar-refractivity contribution >= 4 is 33.9 Å². The summed E-state index contributed by atoms with van der Waals surface area (Å²) in [5, 5.41) is 0. The van der Waals surface area contributed by atoms with Gasteiger partial charge < -0.3 is 9.47 Å². The van der Waals surface area contributed by atoms with Crippen molar-refractivity contribution in [2.24, 2.45) is 4.99 Å². The molecule has 0 fully saturated rings. The van der Waals surface area contributed by atoms with E-state index in [2.05, 4.69) is 20.9 Å². The van der Waals surface area contributed by atoms with Crippen LogP contribution < -0.4 is 9.47 Å². The Hall–Kier alpha value is -2.07. The highest BCUT2D eigenvalue weighted by molar-refractivity contribution is 9.12. The molecule has 108 valence electrons. The minimum atomic E-state index is 0.662. The van der Waals surface area contributed by atoms with Gasteiger partial charge in [0.2, 0.25) is 0 Å². The van der Waals surface area contributed by atoms with E-state index in [0.29, 0.717) is 11.5 Å². The molecule has 0 saturated carbocycles. The fourth-order valence-corrected chi connectivity index (χ4v) is 2.15. The fourth-order valence-electron chi connectivity index (χ4n) is 1.79. The van der Waals surface area contributed by atoms with Crippen LogP contribution >= 0.6 is 15.9 Å². The zero-order valence-corrected chi connectivity index (χ0v) is 13.5. The molecule has 2 aromatic carbocycles. The summed E-state index contributed by atoms with van der Waals surface area (Å²) >= 11 is 3.49. The molecule has 0 aromatic heterocycles. The molecule has 0 atom stereocenters. The first-order chi connectivity index (χ1) is 10.2. The van der Waals surface area contributed by atoms with E-state index in [1.54, 1.807) is 20.4 Å². The lowest BCUT2D eigenvalue weighted by Crippen LogP contribution is -1.89. The topological polar surface area (TPSA) is 30.8 Å². The van der Waals surface area contributed by atoms with Crippen LogP contribution in [0.1, 0.15) is 5.56 Å². The molecule has 0 aliphatic carbocycles. The molecule has 0 heterocycles. The number of nitrogens with zero attached hydrogens (tertiary/aromatic N) is 1. The van der Waals surface area contributed by atoms with E-state index in [1.165, 1.54) is 0 Å². The molecule has 2 rings (SSSR count). The van der Waals surface area contributed by atoms with Gasteiger partial charge in [-0.15, -0.1) is 0 Å². The highest BCUT2D eigenvalue weighted by Crippen LogP contribution is 2.31. The first-order valence-corrected chi connectivity index (χ1v) is 7.20. The molecule has 0 spiro atoms. The smallest absolute Gasteiger partial charge is 0.162 e. The first-order valence-electron chi connectivity index (χ1n) is 6.41. The molecule has 0 aliphatic heterocycles. The van der Waals surface area contributed by atoms with Crippen LogP contribution in [-0.2, 0) is 0 Å². The van der Waals surface area contributed by atoms with Crippen LogP contribution in [0.15, 0.2) is 58.0 Å². The summed E-state index contributed by atoms with van der Waals surface area (Å²) in [6.45, 7) is 0. The van der Waals surface area contributed by atoms with Crippen molar-refractivity contribution in [3.8, 4) is 11.5 Å². The normalized spacial score (nSPS) is 11.7. The van der Waals surface area contributed by atoms with E-state index >= 15 is 0 Å². The Morgan fingerprint density at radius 2 is 1.71 bits per heavy atom. The second-order valence-electron chi connectivity index (χ2n) is 4.24. The van der Waals surface area contributed by atoms with Gasteiger partial charge in [0.1, 0.15) is 0 Å². The number of allylic oxidation sites excluding steroid dienone is 1. The van der Waals surface area contributed by atoms with Gasteiger partial charge in [0.05, 0.1) is 19.9 Å². The second-order valence-corrected chi connectivity index (χ2v) is 5.15. The molecule has 4 heteroatoms. The monoisotopic (exact) mass is 345 g/mol. The van der Waals surface area contributed by atoms with Gasteiger partial charge >= 0.3 is 0 Å². The number of hydrogen-bond acceptors (Lipinski definition) is 3. The van der Waals surface area contributed by atoms with E-state index < -0.39 is 0 Å². The standard InChI is InChI=1S/C17H16BrNO2/c1-20-16-9-8-15(11-17(16)21-2)19-12-14(18)10-13-6-4-3-5-7-13/h3-12H,1-2H3. The van der Waals surface area contributed by atoms with E-state index in [0.717, 1.165) is 15.7 Å². The van der Waals surface area contributed by atoms with Crippen molar-refractivity contribution in [1.29, 1.82) is 0 Å². The maximum Gasteiger partial charge on any atom is 0.162 e. The van der Waals surface area contributed by atoms with Crippen LogP contribution in [0.3, 0.4) is 0 Å². The third-order valence-electron chi connectivity index (χ3n) is 2.81. The third-order valence-corrected chi connectivity index (χ3v) is 3.24. The van der Waals surface area contributed by atoms with Crippen molar-refractivity contribution < 1.29 is 9.47 Å². The molecule has 0 aliphatic rings. The predicted octanol–water partition coefficient (Wildman–Crippen LogP) is 4.84. The largest absolute Gasteiger partial charge is 0.493 e. The van der Waals surface area contributed by atoms with E-state index in [-0.39, 0.29) is 0 Å². The zero-order chi connectivity index (χ0) is 15.1. The Morgan fingerprint density at radius 3 is 2.38 bits per heavy atom. The molecular weight excluding hydrogens is 330 g/mol. The summed E-state index contributed by atoms with van der Waals surface area (Å²) in [6.07, 6.45) is 3.76. The van der Waals surface area contributed by atoms with Crippen LogP contribution in [0.25, 0.3) is 6.08 Å². The SMILES string of the molecule is COc1ccc(N=CC(Br)=Cc2ccccc2)cc1OC. The van der Waals surface area contributed by atoms with Crippen LogP contribution in [-0.4, -0.2) is 20.4 Å². The van der Waals surface area contributed by atoms with Gasteiger partial charge in [0.15, 0.2) is 11.5 Å². The van der Waals surface area contributed by atoms with Crippen LogP contribution in [0.5, 0.6) is 11.5 Å². The molecule has 0 radical (unpaired) electrons. The van der Waals surface area contributed by atoms with Gasteiger partial charge in [-0.1, -0.05) is 30.3 Å². The number of methoxy groups -OCH3 is 2. The molecule has 0 unspecified atom stereocenters. The summed E-state index contributed by atoms with van der Waals surface area (Å²) in [6, 6.07) is 15.6. The van der Waals surface area contributed by atoms with Crippen LogP contribution in [0.2, 0.25) is 0 Å². The Bertz CT molecular complexity index is 651. The quantitative estimate of drug-likeness (QED) is 0.725. The summed E-state index contributed by atoms with van der Waals surface area (Å²) in [4.78, 5) is 4.41. The predicted molar refractivity (Wildman–Crippen MR) is 91.0 cm³/mol. The Balaban J connectivity index is 2.15. The Labute approximate surface area is 133 Å². The summed E-state index contributed by atoms with van der Waals surface area (Å²) in [7, 11) is 3.22. The average Bonchev–Trinajstić information content (AvgIpc) is 2.53. The van der Waals surface area contributed by atoms with Crippen molar-refractivity contribution in [2.45, 2.75) is 0 Å². The van der Waals surface area contributed by atoms with Gasteiger partial charge in [-0.25, -0.2) is 0 Å². The van der Waals surface area contributed by atoms with Crippen molar-refractivity contribution in [3.05, 3.63) is 58.6 Å². The third kappa shape index (κ3) is 4.46. The summed E-state index contributed by atoms with van der Waals surface area (Å²) in [5.74, 6) is 1.35. The molecule has 0 N–H and O–H groups in total. The van der Waals surface area contributed by atoms with Crippen LogP contribution in [0.4, 0.5) is 5.69 Å². The summed E-state index contributed by atoms with van der Waals surface area (Å²) < 4.78 is 11.3. The van der Waals surface area contributed by atoms with Crippen molar-refractivity contribution in [3.63, 3.8) is 0 Å². The molecule has 0 amide bonds. The van der Waals surface area contributed by atoms with Crippen LogP contribution in [0, 0.1) is 0 Å². The second kappa shape index (κ2) is 7.64. The lowest BCUT2D eigenvalue weighted by atomic mass is 10.2. The number of benzene rings is 2. The minimum Gasteiger partial charge on any atom is -0.493 e. The number of rotatable bonds is 5. The number of hydrogen-bond donors (Lipinski definition) is 0. The number of halogens is 1. The maximum absolute atomic E-state index is 5.25. The highest BCUT2D eigenvalue weighted by atomic mass is 79.9. The number of ether oxygens (including phenoxy) is 2. The molecule has 0 saturated heterocycles. The molecule has 0 bridgehead atoms. The van der Waals surface area contributed by atoms with Gasteiger partial charge in [-0.2, -0.15) is 0 Å². The Kier molecular flexibility index (Phi) is 5.58. The molecular formula is C17H16BrNO2. The van der Waals surface area contributed by atoms with E-state index in [1.807, 2.05) is 54.6 Å². The van der Waals surface area contributed by atoms with Gasteiger partial charge in [0.25, 0.3) is 0 Å². The van der Waals surface area contributed by atoms with Crippen molar-refractivity contribution in [2.75, 3.05) is 14.2 Å². The summed E-state index contributed by atoms with van der Waals surface area (Å²) in [5.41, 5.74) is 1.91. The van der Waals surface area contributed by atoms with Gasteiger partial charge in [-0.3, -0.25) is 4.99 Å². The average molecular weight is 346 g/mol. The van der Waals surface area contributed by atoms with E-state index in [4.69, 9.17) is 9.47 Å². The van der Waals surface area contributed by atoms with Crippen molar-refractivity contribution in [1.82, 2.24) is 0 Å². The van der Waals surface area contributed by atoms with E-state index in [9.17, 15) is 0 Å². The lowest BCUT2D eigenvalue weighted by Gasteiger charge is -2.07. The fraction of sp³-hybridized carbons (Fsp3) is 0.118. The maximum atomic E-state index is 5.25. The molecule has 2 aromatic rings. The first kappa shape index (κ1) is 15.3.